The molecule has 3 aromatic heterocycles. The zero-order valence-corrected chi connectivity index (χ0v) is 16.2. The van der Waals surface area contributed by atoms with Gasteiger partial charge in [0.1, 0.15) is 17.8 Å². The van der Waals surface area contributed by atoms with E-state index in [-0.39, 0.29) is 17.2 Å². The van der Waals surface area contributed by atoms with Crippen LogP contribution in [0.3, 0.4) is 0 Å². The molecular formula is C20H18N8O2. The lowest BCUT2D eigenvalue weighted by molar-refractivity contribution is 0.0648. The van der Waals surface area contributed by atoms with Crippen molar-refractivity contribution >= 4 is 23.3 Å². The smallest absolute Gasteiger partial charge is 0.275 e. The van der Waals surface area contributed by atoms with E-state index in [9.17, 15) is 9.59 Å². The maximum Gasteiger partial charge on any atom is 0.275 e. The van der Waals surface area contributed by atoms with Gasteiger partial charge in [-0.3, -0.25) is 14.3 Å². The number of nitrogens with one attached hydrogen (secondary N) is 1. The molecule has 10 heteroatoms. The van der Waals surface area contributed by atoms with Crippen molar-refractivity contribution in [3.05, 3.63) is 60.2 Å². The first kappa shape index (κ1) is 18.0. The zero-order chi connectivity index (χ0) is 20.7. The van der Waals surface area contributed by atoms with Gasteiger partial charge in [-0.15, -0.1) is 5.10 Å². The maximum absolute atomic E-state index is 12.9. The lowest BCUT2D eigenvalue weighted by Gasteiger charge is -2.30. The Labute approximate surface area is 171 Å². The van der Waals surface area contributed by atoms with Gasteiger partial charge < -0.3 is 10.2 Å². The Balaban J connectivity index is 1.41. The largest absolute Gasteiger partial charge is 0.338 e. The molecule has 30 heavy (non-hydrogen) atoms. The molecule has 1 aromatic carbocycles. The van der Waals surface area contributed by atoms with Gasteiger partial charge in [0.15, 0.2) is 11.5 Å². The number of fused-ring (bicyclic) bond motifs is 1. The van der Waals surface area contributed by atoms with E-state index in [0.717, 1.165) is 12.0 Å². The first-order chi connectivity index (χ1) is 14.6. The fourth-order valence-electron chi connectivity index (χ4n) is 3.30. The minimum Gasteiger partial charge on any atom is -0.338 e. The molecule has 4 heterocycles. The molecule has 0 saturated carbocycles. The third kappa shape index (κ3) is 3.08. The minimum atomic E-state index is -0.460. The summed E-state index contributed by atoms with van der Waals surface area (Å²) in [6.07, 6.45) is 3.89. The van der Waals surface area contributed by atoms with Crippen molar-refractivity contribution in [2.24, 2.45) is 7.05 Å². The highest BCUT2D eigenvalue weighted by Crippen LogP contribution is 2.19. The van der Waals surface area contributed by atoms with Gasteiger partial charge in [-0.2, -0.15) is 5.10 Å². The molecule has 10 nitrogen and oxygen atoms in total. The highest BCUT2D eigenvalue weighted by atomic mass is 16.2. The van der Waals surface area contributed by atoms with Gasteiger partial charge in [0.2, 0.25) is 0 Å². The Morgan fingerprint density at radius 2 is 1.93 bits per heavy atom. The molecule has 150 valence electrons. The van der Waals surface area contributed by atoms with Gasteiger partial charge in [0, 0.05) is 31.8 Å². The number of carbonyl (C=O) groups excluding carboxylic acids is 2. The molecule has 1 N–H and O–H groups in total. The van der Waals surface area contributed by atoms with Crippen LogP contribution in [0.2, 0.25) is 0 Å². The number of likely N-dealkylation sites (tertiary alicyclic amines) is 1. The summed E-state index contributed by atoms with van der Waals surface area (Å²) in [6, 6.07) is 11.2. The molecule has 0 unspecified atom stereocenters. The summed E-state index contributed by atoms with van der Waals surface area (Å²) in [7, 11) is 1.63. The van der Waals surface area contributed by atoms with Crippen molar-refractivity contribution in [3.8, 4) is 11.4 Å². The van der Waals surface area contributed by atoms with Gasteiger partial charge in [0.25, 0.3) is 11.8 Å². The van der Waals surface area contributed by atoms with E-state index in [0.29, 0.717) is 30.4 Å². The molecule has 1 aliphatic rings. The van der Waals surface area contributed by atoms with E-state index in [1.165, 1.54) is 17.2 Å². The lowest BCUT2D eigenvalue weighted by atomic mass is 10.1. The number of amides is 2. The van der Waals surface area contributed by atoms with Gasteiger partial charge in [-0.05, 0) is 6.42 Å². The van der Waals surface area contributed by atoms with Crippen molar-refractivity contribution in [3.63, 3.8) is 0 Å². The second-order valence-electron chi connectivity index (χ2n) is 7.01. The number of nitrogens with zero attached hydrogens (tertiary/aromatic N) is 7. The lowest BCUT2D eigenvalue weighted by Crippen LogP contribution is -2.42. The number of carbonyl (C=O) groups is 2. The van der Waals surface area contributed by atoms with Crippen LogP contribution in [0.25, 0.3) is 17.0 Å². The van der Waals surface area contributed by atoms with Crippen LogP contribution in [0.15, 0.2) is 48.9 Å². The van der Waals surface area contributed by atoms with E-state index in [1.807, 2.05) is 30.3 Å². The van der Waals surface area contributed by atoms with Crippen LogP contribution >= 0.6 is 0 Å². The average Bonchev–Trinajstić information content (AvgIpc) is 3.30. The summed E-state index contributed by atoms with van der Waals surface area (Å²) in [4.78, 5) is 35.9. The Hall–Kier alpha value is -4.08. The fraction of sp³-hybridized carbons (Fsp3) is 0.200. The fourth-order valence-corrected chi connectivity index (χ4v) is 3.30. The van der Waals surface area contributed by atoms with Crippen LogP contribution in [0.5, 0.6) is 0 Å². The predicted octanol–water partition coefficient (Wildman–Crippen LogP) is 1.62. The normalized spacial score (nSPS) is 13.3. The molecule has 0 bridgehead atoms. The second kappa shape index (κ2) is 7.07. The maximum atomic E-state index is 12.9. The van der Waals surface area contributed by atoms with Crippen LogP contribution < -0.4 is 5.32 Å². The number of aromatic nitrogens is 6. The van der Waals surface area contributed by atoms with Crippen LogP contribution in [-0.2, 0) is 7.05 Å². The van der Waals surface area contributed by atoms with Crippen LogP contribution in [0.4, 0.5) is 5.82 Å². The van der Waals surface area contributed by atoms with E-state index in [4.69, 9.17) is 0 Å². The van der Waals surface area contributed by atoms with Gasteiger partial charge in [-0.25, -0.2) is 14.5 Å². The van der Waals surface area contributed by atoms with E-state index < -0.39 is 5.91 Å². The second-order valence-corrected chi connectivity index (χ2v) is 7.01. The number of aryl methyl sites for hydroxylation is 1. The first-order valence-electron chi connectivity index (χ1n) is 9.50. The van der Waals surface area contributed by atoms with E-state index >= 15 is 0 Å². The number of hydrogen-bond donors (Lipinski definition) is 1. The number of anilines is 1. The van der Waals surface area contributed by atoms with Crippen LogP contribution in [0, 0.1) is 0 Å². The van der Waals surface area contributed by atoms with E-state index in [2.05, 4.69) is 25.5 Å². The van der Waals surface area contributed by atoms with Crippen molar-refractivity contribution in [2.45, 2.75) is 6.42 Å². The van der Waals surface area contributed by atoms with Crippen molar-refractivity contribution in [1.82, 2.24) is 34.3 Å². The molecule has 0 radical (unpaired) electrons. The Morgan fingerprint density at radius 3 is 2.67 bits per heavy atom. The third-order valence-corrected chi connectivity index (χ3v) is 5.03. The average molecular weight is 402 g/mol. The van der Waals surface area contributed by atoms with Gasteiger partial charge in [-0.1, -0.05) is 30.3 Å². The summed E-state index contributed by atoms with van der Waals surface area (Å²) >= 11 is 0. The molecule has 1 aliphatic heterocycles. The number of benzene rings is 1. The summed E-state index contributed by atoms with van der Waals surface area (Å²) in [5.74, 6) is 0.226. The Kier molecular flexibility index (Phi) is 4.24. The molecule has 2 amide bonds. The van der Waals surface area contributed by atoms with Crippen molar-refractivity contribution < 1.29 is 9.59 Å². The van der Waals surface area contributed by atoms with Crippen LogP contribution in [-0.4, -0.2) is 59.2 Å². The summed E-state index contributed by atoms with van der Waals surface area (Å²) in [6.45, 7) is 1.40. The van der Waals surface area contributed by atoms with Gasteiger partial charge >= 0.3 is 0 Å². The number of hydrogen-bond acceptors (Lipinski definition) is 6. The van der Waals surface area contributed by atoms with Crippen LogP contribution in [0.1, 0.15) is 27.3 Å². The molecule has 1 saturated heterocycles. The molecule has 1 fully saturated rings. The minimum absolute atomic E-state index is 0.187. The summed E-state index contributed by atoms with van der Waals surface area (Å²) < 4.78 is 2.94. The molecular weight excluding hydrogens is 384 g/mol. The Morgan fingerprint density at radius 1 is 1.13 bits per heavy atom. The van der Waals surface area contributed by atoms with E-state index in [1.54, 1.807) is 22.5 Å². The van der Waals surface area contributed by atoms with Crippen molar-refractivity contribution in [1.29, 1.82) is 0 Å². The predicted molar refractivity (Wildman–Crippen MR) is 108 cm³/mol. The molecule has 5 rings (SSSR count). The monoisotopic (exact) mass is 402 g/mol. The first-order valence-corrected chi connectivity index (χ1v) is 9.50. The SMILES string of the molecule is Cn1ncc(C(=O)N2CCC2)c1C(=O)Nc1cc2nc(-c3ccccc3)nn2cn1. The summed E-state index contributed by atoms with van der Waals surface area (Å²) in [5, 5.41) is 11.2. The standard InChI is InChI=1S/C20H18N8O2/c1-26-17(14(11-22-26)20(30)27-8-5-9-27)19(29)23-15-10-16-24-18(25-28(16)12-21-15)13-6-3-2-4-7-13/h2-4,6-7,10-12H,5,8-9H2,1H3,(H,23,29). The molecule has 0 aliphatic carbocycles. The Bertz CT molecular complexity index is 1260. The molecule has 0 spiro atoms. The van der Waals surface area contributed by atoms with Crippen molar-refractivity contribution in [2.75, 3.05) is 18.4 Å². The molecule has 4 aromatic rings. The summed E-state index contributed by atoms with van der Waals surface area (Å²) in [5.41, 5.74) is 1.90. The molecule has 0 atom stereocenters. The van der Waals surface area contributed by atoms with Gasteiger partial charge in [0.05, 0.1) is 11.8 Å². The quantitative estimate of drug-likeness (QED) is 0.555. The third-order valence-electron chi connectivity index (χ3n) is 5.03. The number of rotatable bonds is 4. The highest BCUT2D eigenvalue weighted by molar-refractivity contribution is 6.10. The highest BCUT2D eigenvalue weighted by Gasteiger charge is 2.28. The zero-order valence-electron chi connectivity index (χ0n) is 16.2. The topological polar surface area (TPSA) is 110 Å².